The van der Waals surface area contributed by atoms with Crippen LogP contribution in [0, 0.1) is 6.92 Å². The first-order chi connectivity index (χ1) is 10.7. The molecule has 1 aliphatic carbocycles. The van der Waals surface area contributed by atoms with Crippen LogP contribution in [0.1, 0.15) is 30.0 Å². The largest absolute Gasteiger partial charge is 0.383 e. The Morgan fingerprint density at radius 3 is 2.82 bits per heavy atom. The summed E-state index contributed by atoms with van der Waals surface area (Å²) >= 11 is 0. The molecule has 0 unspecified atom stereocenters. The molecule has 6 heteroatoms. The zero-order chi connectivity index (χ0) is 15.4. The smallest absolute Gasteiger partial charge is 0.129 e. The van der Waals surface area contributed by atoms with Gasteiger partial charge in [0.05, 0.1) is 0 Å². The number of pyridine rings is 1. The van der Waals surface area contributed by atoms with Crippen molar-refractivity contribution in [3.8, 4) is 0 Å². The van der Waals surface area contributed by atoms with Gasteiger partial charge < -0.3 is 16.4 Å². The summed E-state index contributed by atoms with van der Waals surface area (Å²) in [5.74, 6) is 1.37. The van der Waals surface area contributed by atoms with Gasteiger partial charge in [-0.2, -0.15) is 0 Å². The Morgan fingerprint density at radius 2 is 2.05 bits per heavy atom. The second kappa shape index (κ2) is 6.70. The molecule has 6 nitrogen and oxygen atoms in total. The third-order valence-corrected chi connectivity index (χ3v) is 4.05. The predicted molar refractivity (Wildman–Crippen MR) is 87.9 cm³/mol. The molecule has 0 saturated heterocycles. The van der Waals surface area contributed by atoms with E-state index in [0.29, 0.717) is 12.0 Å². The van der Waals surface area contributed by atoms with Crippen molar-refractivity contribution < 1.29 is 0 Å². The zero-order valence-corrected chi connectivity index (χ0v) is 12.8. The Kier molecular flexibility index (Phi) is 4.48. The minimum Gasteiger partial charge on any atom is -0.383 e. The summed E-state index contributed by atoms with van der Waals surface area (Å²) in [5, 5.41) is 6.71. The van der Waals surface area contributed by atoms with E-state index in [9.17, 15) is 0 Å². The van der Waals surface area contributed by atoms with Gasteiger partial charge in [-0.05, 0) is 31.4 Å². The molecule has 0 atom stereocenters. The van der Waals surface area contributed by atoms with Crippen LogP contribution in [0.5, 0.6) is 0 Å². The van der Waals surface area contributed by atoms with Gasteiger partial charge in [-0.15, -0.1) is 0 Å². The van der Waals surface area contributed by atoms with Gasteiger partial charge in [-0.25, -0.2) is 9.97 Å². The lowest BCUT2D eigenvalue weighted by molar-refractivity contribution is 0.345. The fourth-order valence-electron chi connectivity index (χ4n) is 2.66. The van der Waals surface area contributed by atoms with Crippen LogP contribution in [-0.2, 0) is 0 Å². The number of nitrogens with zero attached hydrogens (tertiary/aromatic N) is 3. The zero-order valence-electron chi connectivity index (χ0n) is 12.8. The van der Waals surface area contributed by atoms with E-state index in [2.05, 4.69) is 25.6 Å². The summed E-state index contributed by atoms with van der Waals surface area (Å²) in [6, 6.07) is 4.36. The normalized spacial score (nSPS) is 20.3. The maximum absolute atomic E-state index is 5.84. The number of aryl methyl sites for hydroxylation is 1. The number of nitrogens with one attached hydrogen (secondary N) is 2. The molecule has 22 heavy (non-hydrogen) atoms. The fourth-order valence-corrected chi connectivity index (χ4v) is 2.66. The van der Waals surface area contributed by atoms with Crippen molar-refractivity contribution in [1.82, 2.24) is 15.0 Å². The highest BCUT2D eigenvalue weighted by Crippen LogP contribution is 2.34. The molecule has 2 aromatic heterocycles. The van der Waals surface area contributed by atoms with Gasteiger partial charge in [-0.3, -0.25) is 4.98 Å². The van der Waals surface area contributed by atoms with Gasteiger partial charge in [0.2, 0.25) is 0 Å². The molecular formula is C16H22N6. The van der Waals surface area contributed by atoms with E-state index in [4.69, 9.17) is 5.73 Å². The van der Waals surface area contributed by atoms with Gasteiger partial charge in [0.15, 0.2) is 0 Å². The van der Waals surface area contributed by atoms with Crippen LogP contribution >= 0.6 is 0 Å². The SMILES string of the molecule is Cc1cnccc1NCCNc1cc(C2CC(N)C2)ncn1. The summed E-state index contributed by atoms with van der Waals surface area (Å²) < 4.78 is 0. The number of aromatic nitrogens is 3. The first-order valence-electron chi connectivity index (χ1n) is 7.68. The van der Waals surface area contributed by atoms with E-state index in [1.807, 2.05) is 25.3 Å². The Balaban J connectivity index is 1.47. The van der Waals surface area contributed by atoms with Crippen LogP contribution in [0.15, 0.2) is 30.9 Å². The third kappa shape index (κ3) is 3.51. The van der Waals surface area contributed by atoms with Crippen molar-refractivity contribution in [2.24, 2.45) is 5.73 Å². The van der Waals surface area contributed by atoms with E-state index in [-0.39, 0.29) is 0 Å². The summed E-state index contributed by atoms with van der Waals surface area (Å²) in [6.45, 7) is 3.66. The molecule has 116 valence electrons. The van der Waals surface area contributed by atoms with Gasteiger partial charge >= 0.3 is 0 Å². The quantitative estimate of drug-likeness (QED) is 0.706. The number of hydrogen-bond donors (Lipinski definition) is 3. The molecule has 0 aliphatic heterocycles. The second-order valence-electron chi connectivity index (χ2n) is 5.80. The summed E-state index contributed by atoms with van der Waals surface area (Å²) in [5.41, 5.74) is 9.19. The minimum atomic E-state index is 0.337. The molecule has 0 amide bonds. The van der Waals surface area contributed by atoms with Crippen LogP contribution in [0.3, 0.4) is 0 Å². The first-order valence-corrected chi connectivity index (χ1v) is 7.68. The summed E-state index contributed by atoms with van der Waals surface area (Å²) in [4.78, 5) is 12.7. The molecular weight excluding hydrogens is 276 g/mol. The van der Waals surface area contributed by atoms with E-state index < -0.39 is 0 Å². The number of anilines is 2. The first kappa shape index (κ1) is 14.7. The highest BCUT2D eigenvalue weighted by Gasteiger charge is 2.28. The molecule has 0 spiro atoms. The molecule has 1 fully saturated rings. The Hall–Kier alpha value is -2.21. The molecule has 1 aliphatic rings. The average Bonchev–Trinajstić information content (AvgIpc) is 2.50. The van der Waals surface area contributed by atoms with Crippen molar-refractivity contribution in [2.75, 3.05) is 23.7 Å². The lowest BCUT2D eigenvalue weighted by Crippen LogP contribution is -2.35. The number of hydrogen-bond acceptors (Lipinski definition) is 6. The van der Waals surface area contributed by atoms with Crippen LogP contribution in [0.2, 0.25) is 0 Å². The maximum Gasteiger partial charge on any atom is 0.129 e. The summed E-state index contributed by atoms with van der Waals surface area (Å²) in [7, 11) is 0. The predicted octanol–water partition coefficient (Wildman–Crippen LogP) is 1.91. The molecule has 0 aromatic carbocycles. The van der Waals surface area contributed by atoms with E-state index >= 15 is 0 Å². The molecule has 3 rings (SSSR count). The fraction of sp³-hybridized carbons (Fsp3) is 0.438. The van der Waals surface area contributed by atoms with Crippen molar-refractivity contribution in [2.45, 2.75) is 31.7 Å². The lowest BCUT2D eigenvalue weighted by atomic mass is 9.79. The minimum absolute atomic E-state index is 0.337. The monoisotopic (exact) mass is 298 g/mol. The van der Waals surface area contributed by atoms with Gasteiger partial charge in [0.1, 0.15) is 12.1 Å². The molecule has 2 aromatic rings. The number of rotatable bonds is 6. The van der Waals surface area contributed by atoms with Crippen molar-refractivity contribution >= 4 is 11.5 Å². The Bertz CT molecular complexity index is 624. The molecule has 4 N–H and O–H groups in total. The van der Waals surface area contributed by atoms with Gasteiger partial charge in [0, 0.05) is 54.9 Å². The van der Waals surface area contributed by atoms with Crippen LogP contribution in [0.4, 0.5) is 11.5 Å². The van der Waals surface area contributed by atoms with Gasteiger partial charge in [0.25, 0.3) is 0 Å². The van der Waals surface area contributed by atoms with Crippen molar-refractivity contribution in [1.29, 1.82) is 0 Å². The molecule has 1 saturated carbocycles. The maximum atomic E-state index is 5.84. The number of nitrogens with two attached hydrogens (primary N) is 1. The van der Waals surface area contributed by atoms with Crippen molar-refractivity contribution in [3.63, 3.8) is 0 Å². The third-order valence-electron chi connectivity index (χ3n) is 4.05. The lowest BCUT2D eigenvalue weighted by Gasteiger charge is -2.31. The standard InChI is InChI=1S/C16H22N6/c1-11-9-18-3-2-14(11)19-4-5-20-16-8-15(21-10-22-16)12-6-13(17)7-12/h2-3,8-10,12-13H,4-7,17H2,1H3,(H,18,19)(H,20,21,22). The van der Waals surface area contributed by atoms with Crippen LogP contribution in [0.25, 0.3) is 0 Å². The highest BCUT2D eigenvalue weighted by atomic mass is 15.0. The summed E-state index contributed by atoms with van der Waals surface area (Å²) in [6.07, 6.45) is 7.33. The molecule has 0 bridgehead atoms. The topological polar surface area (TPSA) is 88.8 Å². The van der Waals surface area contributed by atoms with Crippen LogP contribution < -0.4 is 16.4 Å². The second-order valence-corrected chi connectivity index (χ2v) is 5.80. The van der Waals surface area contributed by atoms with Crippen molar-refractivity contribution in [3.05, 3.63) is 42.1 Å². The van der Waals surface area contributed by atoms with E-state index in [1.165, 1.54) is 0 Å². The van der Waals surface area contributed by atoms with Crippen LogP contribution in [-0.4, -0.2) is 34.1 Å². The Labute approximate surface area is 130 Å². The Morgan fingerprint density at radius 1 is 1.23 bits per heavy atom. The molecule has 0 radical (unpaired) electrons. The molecule has 2 heterocycles. The highest BCUT2D eigenvalue weighted by molar-refractivity contribution is 5.48. The average molecular weight is 298 g/mol. The van der Waals surface area contributed by atoms with Gasteiger partial charge in [-0.1, -0.05) is 0 Å². The van der Waals surface area contributed by atoms with E-state index in [1.54, 1.807) is 12.5 Å². The van der Waals surface area contributed by atoms with E-state index in [0.717, 1.165) is 48.7 Å².